The third kappa shape index (κ3) is 6.01. The fourth-order valence-corrected chi connectivity index (χ4v) is 2.81. The molecular formula is C18H28N4O3. The SMILES string of the molecule is CCN(CC)C(=O)CCCC(=O)Nc1ccc(N2CCOCC2)cn1. The summed E-state index contributed by atoms with van der Waals surface area (Å²) < 4.78 is 5.33. The summed E-state index contributed by atoms with van der Waals surface area (Å²) in [5, 5.41) is 2.78. The van der Waals surface area contributed by atoms with E-state index in [0.717, 1.165) is 32.0 Å². The number of pyridine rings is 1. The van der Waals surface area contributed by atoms with Gasteiger partial charge in [0.15, 0.2) is 0 Å². The lowest BCUT2D eigenvalue weighted by molar-refractivity contribution is -0.130. The normalized spacial score (nSPS) is 14.2. The highest BCUT2D eigenvalue weighted by molar-refractivity contribution is 5.90. The van der Waals surface area contributed by atoms with Gasteiger partial charge in [0.25, 0.3) is 0 Å². The lowest BCUT2D eigenvalue weighted by atomic mass is 10.2. The standard InChI is InChI=1S/C18H28N4O3/c1-3-21(4-2)18(24)7-5-6-17(23)20-16-9-8-15(14-19-16)22-10-12-25-13-11-22/h8-9,14H,3-7,10-13H2,1-2H3,(H,19,20,23). The molecule has 1 aromatic heterocycles. The van der Waals surface area contributed by atoms with Crippen molar-refractivity contribution < 1.29 is 14.3 Å². The minimum absolute atomic E-state index is 0.103. The summed E-state index contributed by atoms with van der Waals surface area (Å²) in [6.45, 7) is 8.50. The van der Waals surface area contributed by atoms with Crippen molar-refractivity contribution in [3.8, 4) is 0 Å². The zero-order valence-corrected chi connectivity index (χ0v) is 15.2. The van der Waals surface area contributed by atoms with E-state index in [1.807, 2.05) is 26.0 Å². The molecule has 2 rings (SSSR count). The maximum atomic E-state index is 12.0. The molecule has 1 aromatic rings. The first-order valence-electron chi connectivity index (χ1n) is 9.00. The molecule has 0 spiro atoms. The third-order valence-electron chi connectivity index (χ3n) is 4.30. The monoisotopic (exact) mass is 348 g/mol. The van der Waals surface area contributed by atoms with Gasteiger partial charge < -0.3 is 19.9 Å². The highest BCUT2D eigenvalue weighted by atomic mass is 16.5. The summed E-state index contributed by atoms with van der Waals surface area (Å²) in [6, 6.07) is 3.77. The van der Waals surface area contributed by atoms with Crippen LogP contribution >= 0.6 is 0 Å². The van der Waals surface area contributed by atoms with Crippen LogP contribution in [-0.2, 0) is 14.3 Å². The van der Waals surface area contributed by atoms with Gasteiger partial charge in [0, 0.05) is 39.0 Å². The van der Waals surface area contributed by atoms with E-state index in [1.54, 1.807) is 11.1 Å². The minimum atomic E-state index is -0.112. The predicted octanol–water partition coefficient (Wildman–Crippen LogP) is 1.90. The van der Waals surface area contributed by atoms with Crippen LogP contribution in [0.1, 0.15) is 33.1 Å². The van der Waals surface area contributed by atoms with Crippen LogP contribution in [0.3, 0.4) is 0 Å². The average molecular weight is 348 g/mol. The van der Waals surface area contributed by atoms with Gasteiger partial charge in [-0.3, -0.25) is 9.59 Å². The molecule has 0 atom stereocenters. The summed E-state index contributed by atoms with van der Waals surface area (Å²) in [5.74, 6) is 0.529. The van der Waals surface area contributed by atoms with E-state index in [0.29, 0.717) is 38.2 Å². The number of carbonyl (C=O) groups is 2. The Labute approximate surface area is 149 Å². The molecule has 1 aliphatic rings. The molecule has 138 valence electrons. The van der Waals surface area contributed by atoms with E-state index in [1.165, 1.54) is 0 Å². The first-order valence-corrected chi connectivity index (χ1v) is 9.00. The van der Waals surface area contributed by atoms with Gasteiger partial charge in [-0.05, 0) is 32.4 Å². The van der Waals surface area contributed by atoms with Crippen LogP contribution in [0.25, 0.3) is 0 Å². The average Bonchev–Trinajstić information content (AvgIpc) is 2.64. The molecule has 2 amide bonds. The van der Waals surface area contributed by atoms with Crippen molar-refractivity contribution in [3.05, 3.63) is 18.3 Å². The molecular weight excluding hydrogens is 320 g/mol. The van der Waals surface area contributed by atoms with Crippen molar-refractivity contribution in [1.82, 2.24) is 9.88 Å². The van der Waals surface area contributed by atoms with Crippen LogP contribution in [0.4, 0.5) is 11.5 Å². The summed E-state index contributed by atoms with van der Waals surface area (Å²) in [7, 11) is 0. The highest BCUT2D eigenvalue weighted by Crippen LogP contribution is 2.16. The number of anilines is 2. The number of morpholine rings is 1. The third-order valence-corrected chi connectivity index (χ3v) is 4.30. The fourth-order valence-electron chi connectivity index (χ4n) is 2.81. The first kappa shape index (κ1) is 19.2. The van der Waals surface area contributed by atoms with E-state index in [4.69, 9.17) is 4.74 Å². The Hall–Kier alpha value is -2.15. The molecule has 0 saturated carbocycles. The first-order chi connectivity index (χ1) is 12.1. The van der Waals surface area contributed by atoms with Gasteiger partial charge in [0.1, 0.15) is 5.82 Å². The van der Waals surface area contributed by atoms with E-state index in [-0.39, 0.29) is 11.8 Å². The second kappa shape index (κ2) is 9.98. The van der Waals surface area contributed by atoms with Crippen LogP contribution in [-0.4, -0.2) is 61.1 Å². The van der Waals surface area contributed by atoms with E-state index in [9.17, 15) is 9.59 Å². The van der Waals surface area contributed by atoms with Crippen molar-refractivity contribution in [2.75, 3.05) is 49.6 Å². The number of hydrogen-bond acceptors (Lipinski definition) is 5. The molecule has 1 saturated heterocycles. The lowest BCUT2D eigenvalue weighted by Crippen LogP contribution is -2.36. The number of ether oxygens (including phenoxy) is 1. The molecule has 0 bridgehead atoms. The molecule has 1 N–H and O–H groups in total. The summed E-state index contributed by atoms with van der Waals surface area (Å²) >= 11 is 0. The van der Waals surface area contributed by atoms with Gasteiger partial charge in [-0.25, -0.2) is 4.98 Å². The Balaban J connectivity index is 1.74. The molecule has 0 aliphatic carbocycles. The number of nitrogens with zero attached hydrogens (tertiary/aromatic N) is 3. The van der Waals surface area contributed by atoms with Crippen LogP contribution in [0.5, 0.6) is 0 Å². The molecule has 1 fully saturated rings. The maximum Gasteiger partial charge on any atom is 0.225 e. The molecule has 7 nitrogen and oxygen atoms in total. The smallest absolute Gasteiger partial charge is 0.225 e. The zero-order valence-electron chi connectivity index (χ0n) is 15.2. The summed E-state index contributed by atoms with van der Waals surface area (Å²) in [4.78, 5) is 32.2. The molecule has 7 heteroatoms. The van der Waals surface area contributed by atoms with E-state index >= 15 is 0 Å². The Kier molecular flexibility index (Phi) is 7.66. The van der Waals surface area contributed by atoms with Gasteiger partial charge in [-0.2, -0.15) is 0 Å². The van der Waals surface area contributed by atoms with Gasteiger partial charge in [0.2, 0.25) is 11.8 Å². The quantitative estimate of drug-likeness (QED) is 0.776. The fraction of sp³-hybridized carbons (Fsp3) is 0.611. The van der Waals surface area contributed by atoms with Crippen molar-refractivity contribution in [2.24, 2.45) is 0 Å². The van der Waals surface area contributed by atoms with E-state index in [2.05, 4.69) is 15.2 Å². The molecule has 1 aliphatic heterocycles. The number of nitrogens with one attached hydrogen (secondary N) is 1. The van der Waals surface area contributed by atoms with Crippen LogP contribution < -0.4 is 10.2 Å². The highest BCUT2D eigenvalue weighted by Gasteiger charge is 2.13. The predicted molar refractivity (Wildman–Crippen MR) is 97.7 cm³/mol. The van der Waals surface area contributed by atoms with Crippen LogP contribution in [0.15, 0.2) is 18.3 Å². The second-order valence-corrected chi connectivity index (χ2v) is 5.97. The van der Waals surface area contributed by atoms with Crippen LogP contribution in [0.2, 0.25) is 0 Å². The van der Waals surface area contributed by atoms with Crippen molar-refractivity contribution >= 4 is 23.3 Å². The largest absolute Gasteiger partial charge is 0.378 e. The molecule has 0 aromatic carbocycles. The van der Waals surface area contributed by atoms with Gasteiger partial charge in [-0.1, -0.05) is 0 Å². The number of carbonyl (C=O) groups excluding carboxylic acids is 2. The molecule has 0 unspecified atom stereocenters. The summed E-state index contributed by atoms with van der Waals surface area (Å²) in [6.07, 6.45) is 3.04. The van der Waals surface area contributed by atoms with Crippen LogP contribution in [0, 0.1) is 0 Å². The Bertz CT molecular complexity index is 552. The van der Waals surface area contributed by atoms with Crippen molar-refractivity contribution in [3.63, 3.8) is 0 Å². The lowest BCUT2D eigenvalue weighted by Gasteiger charge is -2.28. The maximum absolute atomic E-state index is 12.0. The molecule has 2 heterocycles. The van der Waals surface area contributed by atoms with Gasteiger partial charge in [-0.15, -0.1) is 0 Å². The molecule has 0 radical (unpaired) electrons. The Morgan fingerprint density at radius 2 is 1.92 bits per heavy atom. The van der Waals surface area contributed by atoms with Crippen molar-refractivity contribution in [1.29, 1.82) is 0 Å². The second-order valence-electron chi connectivity index (χ2n) is 5.97. The van der Waals surface area contributed by atoms with Crippen molar-refractivity contribution in [2.45, 2.75) is 33.1 Å². The van der Waals surface area contributed by atoms with Gasteiger partial charge in [0.05, 0.1) is 25.1 Å². The number of aromatic nitrogens is 1. The molecule has 25 heavy (non-hydrogen) atoms. The van der Waals surface area contributed by atoms with Gasteiger partial charge >= 0.3 is 0 Å². The minimum Gasteiger partial charge on any atom is -0.378 e. The number of amides is 2. The Morgan fingerprint density at radius 3 is 2.52 bits per heavy atom. The number of hydrogen-bond donors (Lipinski definition) is 1. The number of rotatable bonds is 8. The topological polar surface area (TPSA) is 74.8 Å². The Morgan fingerprint density at radius 1 is 1.20 bits per heavy atom. The van der Waals surface area contributed by atoms with E-state index < -0.39 is 0 Å². The zero-order chi connectivity index (χ0) is 18.1. The summed E-state index contributed by atoms with van der Waals surface area (Å²) in [5.41, 5.74) is 1.03.